The fourth-order valence-corrected chi connectivity index (χ4v) is 19.0. The zero-order valence-corrected chi connectivity index (χ0v) is 58.6. The summed E-state index contributed by atoms with van der Waals surface area (Å²) in [7, 11) is 0. The molecule has 0 aliphatic rings. The second kappa shape index (κ2) is 27.2. The Kier molecular flexibility index (Phi) is 19.2. The highest BCUT2D eigenvalue weighted by molar-refractivity contribution is 6.61. The van der Waals surface area contributed by atoms with Gasteiger partial charge < -0.3 is 0 Å². The maximum Gasteiger partial charge on any atom is -0.0000472 e. The third-order valence-electron chi connectivity index (χ3n) is 24.3. The zero-order valence-electron chi connectivity index (χ0n) is 58.6. The summed E-state index contributed by atoms with van der Waals surface area (Å²) in [6.45, 7) is 29.2. The summed E-state index contributed by atoms with van der Waals surface area (Å²) in [6, 6.07) is 33.5. The molecule has 0 radical (unpaired) electrons. The fraction of sp³-hybridized carbons (Fsp3) is 0.533. The van der Waals surface area contributed by atoms with Gasteiger partial charge in [0.05, 0.1) is 0 Å². The van der Waals surface area contributed by atoms with Crippen LogP contribution in [0.4, 0.5) is 0 Å². The summed E-state index contributed by atoms with van der Waals surface area (Å²) < 4.78 is 0. The highest BCUT2D eigenvalue weighted by Gasteiger charge is 2.34. The lowest BCUT2D eigenvalue weighted by molar-refractivity contribution is 0.449. The van der Waals surface area contributed by atoms with Gasteiger partial charge in [0.2, 0.25) is 0 Å². The molecule has 0 nitrogen and oxygen atoms in total. The molecule has 13 rings (SSSR count). The van der Waals surface area contributed by atoms with Crippen LogP contribution in [0.2, 0.25) is 0 Å². The Labute approximate surface area is 543 Å². The van der Waals surface area contributed by atoms with E-state index in [2.05, 4.69) is 156 Å². The predicted octanol–water partition coefficient (Wildman–Crippen LogP) is 28.7. The molecule has 0 aliphatic carbocycles. The van der Waals surface area contributed by atoms with Crippen molar-refractivity contribution in [1.82, 2.24) is 0 Å². The summed E-state index contributed by atoms with van der Waals surface area (Å²) >= 11 is 0. The average Bonchev–Trinajstić information content (AvgIpc) is 0.645. The van der Waals surface area contributed by atoms with Crippen LogP contribution in [0.5, 0.6) is 0 Å². The maximum absolute atomic E-state index is 2.79. The molecule has 13 aromatic carbocycles. The van der Waals surface area contributed by atoms with Crippen molar-refractivity contribution >= 4 is 129 Å². The van der Waals surface area contributed by atoms with E-state index in [1.165, 1.54) is 219 Å². The number of fused-ring (bicyclic) bond motifs is 6. The zero-order chi connectivity index (χ0) is 62.5. The molecule has 6 atom stereocenters. The minimum atomic E-state index is 0.676. The van der Waals surface area contributed by atoms with Crippen molar-refractivity contribution < 1.29 is 0 Å². The van der Waals surface area contributed by atoms with Crippen LogP contribution < -0.4 is 0 Å². The first-order valence-corrected chi connectivity index (χ1v) is 38.4. The van der Waals surface area contributed by atoms with Crippen molar-refractivity contribution in [1.29, 1.82) is 0 Å². The van der Waals surface area contributed by atoms with Crippen molar-refractivity contribution in [3.63, 3.8) is 0 Å². The molecule has 0 aliphatic heterocycles. The van der Waals surface area contributed by atoms with E-state index in [0.717, 1.165) is 38.5 Å². The van der Waals surface area contributed by atoms with Gasteiger partial charge in [0, 0.05) is 0 Å². The molecule has 0 aromatic heterocycles. The number of rotatable bonds is 36. The minimum Gasteiger partial charge on any atom is -0.0654 e. The summed E-state index contributed by atoms with van der Waals surface area (Å²) in [5.41, 5.74) is 9.37. The van der Waals surface area contributed by atoms with Crippen LogP contribution >= 0.6 is 0 Å². The van der Waals surface area contributed by atoms with Crippen LogP contribution in [0, 0.1) is 35.5 Å². The first-order chi connectivity index (χ1) is 44.1. The number of benzene rings is 13. The molecule has 0 spiro atoms. The van der Waals surface area contributed by atoms with Gasteiger partial charge >= 0.3 is 0 Å². The molecular formula is C90H114. The molecule has 6 unspecified atom stereocenters. The number of hydrogen-bond acceptors (Lipinski definition) is 0. The largest absolute Gasteiger partial charge is 0.0654 e. The van der Waals surface area contributed by atoms with Gasteiger partial charge in [0.25, 0.3) is 0 Å². The quantitative estimate of drug-likeness (QED) is 0.0271. The van der Waals surface area contributed by atoms with E-state index >= 15 is 0 Å². The molecule has 0 heterocycles. The molecular weight excluding hydrogens is 1080 g/mol. The Balaban J connectivity index is 1.29. The van der Waals surface area contributed by atoms with Gasteiger partial charge in [0.1, 0.15) is 0 Å². The fourth-order valence-electron chi connectivity index (χ4n) is 19.0. The van der Waals surface area contributed by atoms with Gasteiger partial charge in [-0.1, -0.05) is 310 Å². The smallest absolute Gasteiger partial charge is 0.0000472 e. The first kappa shape index (κ1) is 63.3. The van der Waals surface area contributed by atoms with Gasteiger partial charge in [-0.3, -0.25) is 0 Å². The highest BCUT2D eigenvalue weighted by atomic mass is 14.4. The molecule has 0 bridgehead atoms. The van der Waals surface area contributed by atoms with E-state index in [-0.39, 0.29) is 0 Å². The molecule has 474 valence electrons. The Morgan fingerprint density at radius 1 is 0.178 bits per heavy atom. The van der Waals surface area contributed by atoms with Crippen molar-refractivity contribution in [3.8, 4) is 0 Å². The maximum atomic E-state index is 2.79. The second-order valence-corrected chi connectivity index (χ2v) is 30.4. The van der Waals surface area contributed by atoms with E-state index in [1.807, 2.05) is 0 Å². The lowest BCUT2D eigenvalue weighted by Gasteiger charge is -2.31. The molecule has 0 N–H and O–H groups in total. The van der Waals surface area contributed by atoms with Crippen LogP contribution in [0.3, 0.4) is 0 Å². The van der Waals surface area contributed by atoms with Gasteiger partial charge in [-0.15, -0.1) is 0 Å². The SMILES string of the molecule is CCCCC(CC)Cc1cc2c3cc(CC(CC)CCCC)cc4c5cc(CC(CC)CCCC)cc6c7cc(CC(CC)CCCC)cc8c9cc(CC(CC)CCCC)cc%10c%11cc(CC(CC)CCCC)cc%12c(c1)c2c1c(c34)c(c56)c(c78)c(c%109)c1c%12%11. The van der Waals surface area contributed by atoms with Crippen molar-refractivity contribution in [2.24, 2.45) is 35.5 Å². The summed E-state index contributed by atoms with van der Waals surface area (Å²) in [5.74, 6) is 4.06. The molecule has 0 heteroatoms. The van der Waals surface area contributed by atoms with Crippen LogP contribution in [0.1, 0.15) is 271 Å². The standard InChI is InChI=1S/C90H114/c1-13-25-31-55(19-7)37-61-43-67-69-45-62(38-56(20-8)32-26-14-2)47-71-73-49-64(40-58(22-10)34-28-16-4)51-75-77-53-66(42-60(24-12)36-30-18-6)54-78-76-52-65(41-59(23-11)35-29-17-5)50-74-72-48-63(39-57(21-9)33-27-15-3)46-70-68(44-61)79(67)85-86(80(69)71)88(82(73)75)90(84(77)78)89(83(74)76)87(85)81(70)72/h43-60H,13-42H2,1-12H3. The summed E-state index contributed by atoms with van der Waals surface area (Å²) in [4.78, 5) is 0. The lowest BCUT2D eigenvalue weighted by Crippen LogP contribution is -2.07. The van der Waals surface area contributed by atoms with Crippen molar-refractivity contribution in [2.45, 2.75) is 276 Å². The third kappa shape index (κ3) is 11.1. The van der Waals surface area contributed by atoms with Crippen LogP contribution in [-0.4, -0.2) is 0 Å². The van der Waals surface area contributed by atoms with E-state index < -0.39 is 0 Å². The van der Waals surface area contributed by atoms with Gasteiger partial charge in [-0.25, -0.2) is 0 Å². The summed E-state index contributed by atoms with van der Waals surface area (Å²) in [6.07, 6.45) is 37.6. The van der Waals surface area contributed by atoms with Gasteiger partial charge in [0.15, 0.2) is 0 Å². The van der Waals surface area contributed by atoms with Crippen LogP contribution in [0.15, 0.2) is 72.8 Å². The van der Waals surface area contributed by atoms with E-state index in [0.29, 0.717) is 35.5 Å². The van der Waals surface area contributed by atoms with Crippen molar-refractivity contribution in [3.05, 3.63) is 106 Å². The van der Waals surface area contributed by atoms with Crippen LogP contribution in [0.25, 0.3) is 129 Å². The molecule has 0 amide bonds. The minimum absolute atomic E-state index is 0.676. The van der Waals surface area contributed by atoms with E-state index in [9.17, 15) is 0 Å². The molecule has 13 aromatic rings. The Bertz CT molecular complexity index is 3560. The monoisotopic (exact) mass is 1190 g/mol. The average molecular weight is 1200 g/mol. The topological polar surface area (TPSA) is 0 Å². The third-order valence-corrected chi connectivity index (χ3v) is 24.3. The van der Waals surface area contributed by atoms with Crippen LogP contribution in [-0.2, 0) is 38.5 Å². The van der Waals surface area contributed by atoms with Gasteiger partial charge in [-0.2, -0.15) is 0 Å². The van der Waals surface area contributed by atoms with E-state index in [4.69, 9.17) is 0 Å². The van der Waals surface area contributed by atoms with Crippen molar-refractivity contribution in [2.75, 3.05) is 0 Å². The van der Waals surface area contributed by atoms with Gasteiger partial charge in [-0.05, 0) is 237 Å². The highest BCUT2D eigenvalue weighted by Crippen LogP contribution is 2.61. The molecule has 90 heavy (non-hydrogen) atoms. The first-order valence-electron chi connectivity index (χ1n) is 38.4. The predicted molar refractivity (Wildman–Crippen MR) is 406 cm³/mol. The summed E-state index contributed by atoms with van der Waals surface area (Å²) in [5, 5.41) is 37.2. The Hall–Kier alpha value is -5.46. The number of hydrogen-bond donors (Lipinski definition) is 0. The Morgan fingerprint density at radius 2 is 0.300 bits per heavy atom. The van der Waals surface area contributed by atoms with E-state index in [1.54, 1.807) is 98.0 Å². The Morgan fingerprint density at radius 3 is 0.400 bits per heavy atom. The molecule has 0 fully saturated rings. The molecule has 0 saturated carbocycles. The second-order valence-electron chi connectivity index (χ2n) is 30.4. The lowest BCUT2D eigenvalue weighted by atomic mass is 9.71. The normalized spacial score (nSPS) is 15.1. The number of unbranched alkanes of at least 4 members (excludes halogenated alkanes) is 6. The molecule has 0 saturated heterocycles.